The van der Waals surface area contributed by atoms with Crippen molar-refractivity contribution >= 4 is 130 Å². The molecule has 2 aliphatic rings. The Labute approximate surface area is 771 Å². The Morgan fingerprint density at radius 2 is 0.840 bits per heavy atom. The number of hydrogen-bond donors (Lipinski definition) is 1. The van der Waals surface area contributed by atoms with E-state index in [9.17, 15) is 49.5 Å². The second-order valence-electron chi connectivity index (χ2n) is 33.3. The Bertz CT molecular complexity index is 6030. The average Bonchev–Trinajstić information content (AvgIpc) is 1.57. The molecule has 131 heavy (non-hydrogen) atoms. The van der Waals surface area contributed by atoms with Gasteiger partial charge >= 0.3 is 24.1 Å². The van der Waals surface area contributed by atoms with Gasteiger partial charge in [-0.05, 0) is 227 Å². The van der Waals surface area contributed by atoms with Crippen molar-refractivity contribution in [2.45, 2.75) is 160 Å². The molecule has 0 amide bonds. The van der Waals surface area contributed by atoms with Crippen LogP contribution in [-0.2, 0) is 41.4 Å². The van der Waals surface area contributed by atoms with E-state index >= 15 is 26.3 Å². The van der Waals surface area contributed by atoms with Crippen molar-refractivity contribution in [3.8, 4) is 0 Å². The van der Waals surface area contributed by atoms with Crippen LogP contribution in [0.15, 0.2) is 246 Å². The summed E-state index contributed by atoms with van der Waals surface area (Å²) in [6.07, 6.45) is 6.99. The van der Waals surface area contributed by atoms with Gasteiger partial charge in [-0.2, -0.15) is 0 Å². The third-order valence-corrected chi connectivity index (χ3v) is 27.5. The van der Waals surface area contributed by atoms with Crippen molar-refractivity contribution in [3.63, 3.8) is 0 Å². The number of ether oxygens (including phenoxy) is 3. The molecule has 7 heterocycles. The fraction of sp³-hybridized carbons (Fsp3) is 0.281. The van der Waals surface area contributed by atoms with Crippen LogP contribution in [0.2, 0.25) is 0 Å². The number of thioether (sulfide) groups is 1. The minimum atomic E-state index is -1.78. The number of carboxylic acids is 1. The minimum Gasteiger partial charge on any atom is -0.478 e. The summed E-state index contributed by atoms with van der Waals surface area (Å²) in [6.45, 7) is 17.9. The quantitative estimate of drug-likeness (QED) is 0.00696. The predicted octanol–water partition coefficient (Wildman–Crippen LogP) is 23.8. The highest BCUT2D eigenvalue weighted by molar-refractivity contribution is 8.77. The fourth-order valence-electron chi connectivity index (χ4n) is 15.7. The number of carbonyl (C=O) groups is 4. The van der Waals surface area contributed by atoms with Crippen LogP contribution >= 0.6 is 54.9 Å². The maximum Gasteiger partial charge on any atom is 0.418 e. The van der Waals surface area contributed by atoms with Gasteiger partial charge in [-0.1, -0.05) is 138 Å². The number of carboxylic acid groups (broad SMARTS) is 1. The van der Waals surface area contributed by atoms with Gasteiger partial charge in [-0.15, -0.1) is 11.8 Å². The Morgan fingerprint density at radius 1 is 0.496 bits per heavy atom. The normalized spacial score (nSPS) is 15.9. The molecule has 0 aliphatic carbocycles. The van der Waals surface area contributed by atoms with Crippen LogP contribution in [0.5, 0.6) is 0 Å². The zero-order chi connectivity index (χ0) is 94.6. The molecule has 0 saturated heterocycles. The van der Waals surface area contributed by atoms with Gasteiger partial charge in [-0.3, -0.25) is 40.1 Å². The maximum absolute atomic E-state index is 16.7. The lowest BCUT2D eigenvalue weighted by Crippen LogP contribution is -2.49. The molecule has 0 saturated carbocycles. The molecule has 24 nitrogen and oxygen atoms in total. The lowest BCUT2D eigenvalue weighted by molar-refractivity contribution is -0.385. The van der Waals surface area contributed by atoms with Crippen molar-refractivity contribution in [2.75, 3.05) is 26.3 Å². The molecule has 6 atom stereocenters. The van der Waals surface area contributed by atoms with Crippen molar-refractivity contribution in [3.05, 3.63) is 346 Å². The third kappa shape index (κ3) is 24.2. The molecule has 5 aromatic heterocycles. The van der Waals surface area contributed by atoms with Gasteiger partial charge in [0.1, 0.15) is 87.1 Å². The summed E-state index contributed by atoms with van der Waals surface area (Å²) < 4.78 is 116. The predicted molar refractivity (Wildman–Crippen MR) is 499 cm³/mol. The van der Waals surface area contributed by atoms with Gasteiger partial charge in [0, 0.05) is 87.9 Å². The van der Waals surface area contributed by atoms with E-state index in [-0.39, 0.29) is 82.3 Å². The SMILES string of the molecule is C[C@H](COC(=O)n1c2c(c3ccccc31)C[C@@H](C)N(CC(C)(C)F)[C@@H]2c1c(F)cc(/C=C/C(=O)O)cc1F)SSc1ccc([N+](=O)[O-])cn1.C[C@H](COC(=O)n1c2c(c3ccccc31)C[C@@H](C)N(CC(C)(C)F)[C@@H]2c1c(F)cc(/C=C/C(=O)OC(C)(C)C)cc1F)SC(c1ccccc1)(c1ccccc1)c1ccccc1.O=[N+]([O-])c1ccc(SSc2ccc([N+](=O)[O-])cn2)nc1. The molecule has 12 aromatic rings. The number of para-hydroxylation sites is 2. The summed E-state index contributed by atoms with van der Waals surface area (Å²) >= 11 is 1.67. The monoisotopic (exact) mass is 1880 g/mol. The summed E-state index contributed by atoms with van der Waals surface area (Å²) in [4.78, 5) is 97.8. The van der Waals surface area contributed by atoms with Gasteiger partial charge in [-0.25, -0.2) is 69.6 Å². The van der Waals surface area contributed by atoms with E-state index in [1.165, 1.54) is 135 Å². The zero-order valence-electron chi connectivity index (χ0n) is 72.8. The van der Waals surface area contributed by atoms with E-state index in [0.29, 0.717) is 55.6 Å². The largest absolute Gasteiger partial charge is 0.478 e. The molecule has 14 rings (SSSR count). The summed E-state index contributed by atoms with van der Waals surface area (Å²) in [6, 6.07) is 54.8. The highest BCUT2D eigenvalue weighted by atomic mass is 33.1. The smallest absolute Gasteiger partial charge is 0.418 e. The van der Waals surface area contributed by atoms with Crippen molar-refractivity contribution in [1.82, 2.24) is 33.9 Å². The van der Waals surface area contributed by atoms with E-state index in [4.69, 9.17) is 19.3 Å². The molecule has 682 valence electrons. The molecule has 1 N–H and O–H groups in total. The molecule has 0 fully saturated rings. The number of aliphatic carboxylic acids is 1. The van der Waals surface area contributed by atoms with Crippen LogP contribution in [-0.4, -0.2) is 144 Å². The highest BCUT2D eigenvalue weighted by Gasteiger charge is 2.47. The van der Waals surface area contributed by atoms with Gasteiger partial charge in [0.05, 0.1) is 54.0 Å². The molecule has 0 spiro atoms. The molecule has 0 radical (unpaired) electrons. The zero-order valence-corrected chi connectivity index (χ0v) is 76.9. The Kier molecular flexibility index (Phi) is 31.7. The lowest BCUT2D eigenvalue weighted by atomic mass is 9.84. The van der Waals surface area contributed by atoms with Crippen molar-refractivity contribution < 1.29 is 79.6 Å². The van der Waals surface area contributed by atoms with Gasteiger partial charge in [0.15, 0.2) is 0 Å². The van der Waals surface area contributed by atoms with Gasteiger partial charge < -0.3 is 19.3 Å². The first-order valence-corrected chi connectivity index (χ1v) is 46.5. The molecular formula is C96H92F6N10O14S5. The second kappa shape index (κ2) is 42.4. The molecule has 7 aromatic carbocycles. The topological polar surface area (TPSA) is 301 Å². The van der Waals surface area contributed by atoms with Crippen molar-refractivity contribution in [2.24, 2.45) is 0 Å². The summed E-state index contributed by atoms with van der Waals surface area (Å²) in [7, 11) is 5.11. The maximum atomic E-state index is 16.7. The summed E-state index contributed by atoms with van der Waals surface area (Å²) in [5, 5.41) is 43.5. The molecule has 35 heteroatoms. The fourth-order valence-corrected chi connectivity index (χ4v) is 20.8. The Balaban J connectivity index is 0.000000199. The molecule has 2 aliphatic heterocycles. The number of aromatic nitrogens is 5. The van der Waals surface area contributed by atoms with Crippen LogP contribution in [0.1, 0.15) is 150 Å². The number of hydrogen-bond acceptors (Lipinski definition) is 23. The van der Waals surface area contributed by atoms with Crippen LogP contribution in [0, 0.1) is 53.6 Å². The highest BCUT2D eigenvalue weighted by Crippen LogP contribution is 2.52. The molecular weight excluding hydrogens is 1790 g/mol. The Hall–Kier alpha value is -12.1. The van der Waals surface area contributed by atoms with E-state index in [1.54, 1.807) is 72.7 Å². The third-order valence-electron chi connectivity index (χ3n) is 20.9. The molecule has 0 unspecified atom stereocenters. The number of pyridine rings is 3. The number of carbonyl (C=O) groups excluding carboxylic acids is 3. The number of nitro groups is 3. The number of benzene rings is 7. The number of rotatable bonds is 28. The number of alkyl halides is 2. The Morgan fingerprint density at radius 3 is 1.18 bits per heavy atom. The van der Waals surface area contributed by atoms with Crippen molar-refractivity contribution in [1.29, 1.82) is 0 Å². The van der Waals surface area contributed by atoms with E-state index in [1.807, 2.05) is 100 Å². The standard InChI is InChI=1S/C52H53F3N2O4S.C34H33F3N4O6S2.C10H6N4O4S2/c1-34-29-41-40-25-17-18-26-44(40)57(47(41)48(56(34)33-51(6,7)55)46-42(53)30-36(31-43(46)54)27-28-45(58)61-50(3,4)5)49(59)60-32-35(2)62-52(37-19-11-8-12-20-37,38-21-13-9-14-22-38)39-23-15-10-16-24-39;1-19-13-24-23-7-5-6-8-27(23)40(33(44)47-17-20(2)48-49-28-11-10-22(16-38-28)41(45)46)31(24)32(39(19)18-34(3,4)37)30-25(35)14-21(15-26(30)36)9-12-29(42)43;15-13(16)7-1-3-9(11-5-7)19-20-10-4-2-8(6-12-10)14(17)18/h8-28,30-31,34-35,48H,29,32-33H2,1-7H3;5-12,14-16,19-20,32H,13,17-18H2,1-4H3,(H,42,43);1-6H/b28-27+;12-9+;/t34-,35-,48-;19-,20-,32-;/m11./s1. The first kappa shape index (κ1) is 97.9. The minimum absolute atomic E-state index is 0.00271. The van der Waals surface area contributed by atoms with E-state index in [2.05, 4.69) is 51.4 Å². The van der Waals surface area contributed by atoms with E-state index < -0.39 is 108 Å². The van der Waals surface area contributed by atoms with Gasteiger partial charge in [0.25, 0.3) is 17.1 Å². The first-order chi connectivity index (χ1) is 62.2. The second-order valence-corrected chi connectivity index (χ2v) is 39.8. The lowest BCUT2D eigenvalue weighted by Gasteiger charge is -2.43. The number of halogens is 6. The van der Waals surface area contributed by atoms with E-state index in [0.717, 1.165) is 76.3 Å². The number of nitrogens with zero attached hydrogens (tertiary/aromatic N) is 10. The van der Waals surface area contributed by atoms with Crippen LogP contribution in [0.25, 0.3) is 34.0 Å². The first-order valence-electron chi connectivity index (χ1n) is 41.3. The van der Waals surface area contributed by atoms with Crippen LogP contribution in [0.3, 0.4) is 0 Å². The van der Waals surface area contributed by atoms with Gasteiger partial charge in [0.2, 0.25) is 0 Å². The summed E-state index contributed by atoms with van der Waals surface area (Å²) in [5.41, 5.74) is 0.912. The van der Waals surface area contributed by atoms with Crippen LogP contribution < -0.4 is 0 Å². The number of esters is 1. The number of fused-ring (bicyclic) bond motifs is 6. The van der Waals surface area contributed by atoms with Crippen LogP contribution in [0.4, 0.5) is 53.0 Å². The summed E-state index contributed by atoms with van der Waals surface area (Å²) in [5.74, 6) is -5.73. The average molecular weight is 1880 g/mol. The molecule has 0 bridgehead atoms.